The summed E-state index contributed by atoms with van der Waals surface area (Å²) in [5, 5.41) is 12.7. The molecule has 2 rings (SSSR count). The standard InChI is InChI=1S/C16H21NO5/c1-9(2)17-14(20)8-21-10-5-11(18)15-12(19)7-16(3,4)22-13(15)6-10/h5-6,9,18H,7-8H2,1-4H3,(H,17,20). The summed E-state index contributed by atoms with van der Waals surface area (Å²) in [6, 6.07) is 2.87. The first-order chi connectivity index (χ1) is 10.2. The molecular weight excluding hydrogens is 286 g/mol. The number of hydrogen-bond donors (Lipinski definition) is 2. The molecule has 6 heteroatoms. The van der Waals surface area contributed by atoms with Crippen molar-refractivity contribution < 1.29 is 24.2 Å². The molecule has 1 aliphatic rings. The molecule has 1 aliphatic heterocycles. The lowest BCUT2D eigenvalue weighted by molar-refractivity contribution is -0.123. The molecule has 1 heterocycles. The summed E-state index contributed by atoms with van der Waals surface area (Å²) < 4.78 is 11.1. The number of ketones is 1. The van der Waals surface area contributed by atoms with Crippen LogP contribution in [0.2, 0.25) is 0 Å². The fourth-order valence-electron chi connectivity index (χ4n) is 2.34. The molecule has 1 amide bonds. The number of fused-ring (bicyclic) bond motifs is 1. The summed E-state index contributed by atoms with van der Waals surface area (Å²) in [5.41, 5.74) is -0.470. The number of carbonyl (C=O) groups excluding carboxylic acids is 2. The molecule has 120 valence electrons. The van der Waals surface area contributed by atoms with Crippen LogP contribution in [0.25, 0.3) is 0 Å². The molecule has 0 aliphatic carbocycles. The van der Waals surface area contributed by atoms with Crippen molar-refractivity contribution in [2.24, 2.45) is 0 Å². The van der Waals surface area contributed by atoms with E-state index in [0.717, 1.165) is 0 Å². The number of rotatable bonds is 4. The fraction of sp³-hybridized carbons (Fsp3) is 0.500. The van der Waals surface area contributed by atoms with Crippen LogP contribution in [0.15, 0.2) is 12.1 Å². The van der Waals surface area contributed by atoms with Gasteiger partial charge >= 0.3 is 0 Å². The van der Waals surface area contributed by atoms with Crippen molar-refractivity contribution in [3.05, 3.63) is 17.7 Å². The molecule has 0 bridgehead atoms. The van der Waals surface area contributed by atoms with Gasteiger partial charge in [0.25, 0.3) is 5.91 Å². The maximum absolute atomic E-state index is 12.1. The Bertz CT molecular complexity index is 607. The van der Waals surface area contributed by atoms with E-state index in [1.807, 2.05) is 13.8 Å². The second-order valence-electron chi connectivity index (χ2n) is 6.29. The van der Waals surface area contributed by atoms with Crippen molar-refractivity contribution in [1.82, 2.24) is 5.32 Å². The zero-order valence-electron chi connectivity index (χ0n) is 13.2. The Balaban J connectivity index is 2.17. The molecule has 22 heavy (non-hydrogen) atoms. The summed E-state index contributed by atoms with van der Waals surface area (Å²) in [4.78, 5) is 23.6. The number of aromatic hydroxyl groups is 1. The molecule has 0 fully saturated rings. The minimum absolute atomic E-state index is 0.0230. The van der Waals surface area contributed by atoms with E-state index in [0.29, 0.717) is 0 Å². The Morgan fingerprint density at radius 2 is 2.14 bits per heavy atom. The highest BCUT2D eigenvalue weighted by atomic mass is 16.5. The third kappa shape index (κ3) is 3.69. The summed E-state index contributed by atoms with van der Waals surface area (Å²) in [5.74, 6) is -0.0733. The van der Waals surface area contributed by atoms with E-state index in [9.17, 15) is 14.7 Å². The zero-order valence-corrected chi connectivity index (χ0v) is 13.2. The van der Waals surface area contributed by atoms with E-state index < -0.39 is 5.60 Å². The van der Waals surface area contributed by atoms with Crippen molar-refractivity contribution in [1.29, 1.82) is 0 Å². The van der Waals surface area contributed by atoms with Gasteiger partial charge in [0.05, 0.1) is 6.42 Å². The van der Waals surface area contributed by atoms with Gasteiger partial charge in [-0.05, 0) is 27.7 Å². The monoisotopic (exact) mass is 307 g/mol. The summed E-state index contributed by atoms with van der Waals surface area (Å²) in [6.45, 7) is 7.13. The highest BCUT2D eigenvalue weighted by Gasteiger charge is 2.34. The van der Waals surface area contributed by atoms with Gasteiger partial charge < -0.3 is 19.9 Å². The largest absolute Gasteiger partial charge is 0.507 e. The van der Waals surface area contributed by atoms with Gasteiger partial charge in [-0.3, -0.25) is 9.59 Å². The van der Waals surface area contributed by atoms with E-state index >= 15 is 0 Å². The topological polar surface area (TPSA) is 84.9 Å². The SMILES string of the molecule is CC(C)NC(=O)COc1cc(O)c2c(c1)OC(C)(C)CC2=O. The predicted octanol–water partition coefficient (Wildman–Crippen LogP) is 2.04. The van der Waals surface area contributed by atoms with Crippen LogP contribution in [0.4, 0.5) is 0 Å². The Hall–Kier alpha value is -2.24. The number of nitrogens with one attached hydrogen (secondary N) is 1. The Morgan fingerprint density at radius 3 is 2.77 bits per heavy atom. The van der Waals surface area contributed by atoms with Crippen LogP contribution in [0.5, 0.6) is 17.2 Å². The first-order valence-electron chi connectivity index (χ1n) is 7.19. The molecule has 1 aromatic rings. The van der Waals surface area contributed by atoms with Gasteiger partial charge in [-0.1, -0.05) is 0 Å². The van der Waals surface area contributed by atoms with Gasteiger partial charge in [0.2, 0.25) is 0 Å². The Morgan fingerprint density at radius 1 is 1.45 bits per heavy atom. The van der Waals surface area contributed by atoms with Crippen molar-refractivity contribution in [2.75, 3.05) is 6.61 Å². The molecule has 0 atom stereocenters. The average molecular weight is 307 g/mol. The molecule has 0 spiro atoms. The summed E-state index contributed by atoms with van der Waals surface area (Å²) in [6.07, 6.45) is 0.199. The average Bonchev–Trinajstić information content (AvgIpc) is 2.32. The van der Waals surface area contributed by atoms with Crippen molar-refractivity contribution in [3.63, 3.8) is 0 Å². The number of Topliss-reactive ketones (excluding diaryl/α,β-unsaturated/α-hetero) is 1. The number of ether oxygens (including phenoxy) is 2. The summed E-state index contributed by atoms with van der Waals surface area (Å²) >= 11 is 0. The van der Waals surface area contributed by atoms with E-state index in [2.05, 4.69) is 5.32 Å². The second kappa shape index (κ2) is 5.87. The number of phenolic OH excluding ortho intramolecular Hbond substituents is 1. The minimum Gasteiger partial charge on any atom is -0.507 e. The molecular formula is C16H21NO5. The van der Waals surface area contributed by atoms with Gasteiger partial charge in [0, 0.05) is 18.2 Å². The first kappa shape index (κ1) is 16.1. The van der Waals surface area contributed by atoms with Crippen LogP contribution >= 0.6 is 0 Å². The lowest BCUT2D eigenvalue weighted by atomic mass is 9.92. The number of amides is 1. The quantitative estimate of drug-likeness (QED) is 0.889. The summed E-state index contributed by atoms with van der Waals surface area (Å²) in [7, 11) is 0. The fourth-order valence-corrected chi connectivity index (χ4v) is 2.34. The lowest BCUT2D eigenvalue weighted by Crippen LogP contribution is -2.36. The number of benzene rings is 1. The molecule has 0 saturated heterocycles. The van der Waals surface area contributed by atoms with Crippen LogP contribution in [0, 0.1) is 0 Å². The normalized spacial score (nSPS) is 16.0. The highest BCUT2D eigenvalue weighted by Crippen LogP contribution is 2.40. The van der Waals surface area contributed by atoms with Gasteiger partial charge in [0.1, 0.15) is 28.4 Å². The van der Waals surface area contributed by atoms with Crippen LogP contribution < -0.4 is 14.8 Å². The van der Waals surface area contributed by atoms with Gasteiger partial charge in [-0.25, -0.2) is 0 Å². The smallest absolute Gasteiger partial charge is 0.258 e. The van der Waals surface area contributed by atoms with Crippen LogP contribution in [0.1, 0.15) is 44.5 Å². The third-order valence-electron chi connectivity index (χ3n) is 3.13. The van der Waals surface area contributed by atoms with Crippen LogP contribution in [-0.2, 0) is 4.79 Å². The van der Waals surface area contributed by atoms with E-state index in [1.165, 1.54) is 12.1 Å². The minimum atomic E-state index is -0.635. The maximum atomic E-state index is 12.1. The van der Waals surface area contributed by atoms with E-state index in [1.54, 1.807) is 13.8 Å². The number of carbonyl (C=O) groups is 2. The van der Waals surface area contributed by atoms with Crippen LogP contribution in [0.3, 0.4) is 0 Å². The Kier molecular flexibility index (Phi) is 4.30. The van der Waals surface area contributed by atoms with Crippen molar-refractivity contribution >= 4 is 11.7 Å². The Labute approximate surface area is 129 Å². The molecule has 0 aromatic heterocycles. The zero-order chi connectivity index (χ0) is 16.5. The van der Waals surface area contributed by atoms with Crippen LogP contribution in [-0.4, -0.2) is 35.0 Å². The first-order valence-corrected chi connectivity index (χ1v) is 7.19. The molecule has 1 aromatic carbocycles. The number of phenols is 1. The number of hydrogen-bond acceptors (Lipinski definition) is 5. The van der Waals surface area contributed by atoms with Gasteiger partial charge in [-0.2, -0.15) is 0 Å². The van der Waals surface area contributed by atoms with Crippen molar-refractivity contribution in [2.45, 2.75) is 45.8 Å². The van der Waals surface area contributed by atoms with Gasteiger partial charge in [0.15, 0.2) is 12.4 Å². The van der Waals surface area contributed by atoms with E-state index in [4.69, 9.17) is 9.47 Å². The lowest BCUT2D eigenvalue weighted by Gasteiger charge is -2.32. The highest BCUT2D eigenvalue weighted by molar-refractivity contribution is 6.03. The molecule has 6 nitrogen and oxygen atoms in total. The molecule has 0 unspecified atom stereocenters. The van der Waals surface area contributed by atoms with Gasteiger partial charge in [-0.15, -0.1) is 0 Å². The maximum Gasteiger partial charge on any atom is 0.258 e. The molecule has 0 radical (unpaired) electrons. The predicted molar refractivity (Wildman–Crippen MR) is 80.5 cm³/mol. The second-order valence-corrected chi connectivity index (χ2v) is 6.29. The van der Waals surface area contributed by atoms with E-state index in [-0.39, 0.29) is 53.6 Å². The molecule has 2 N–H and O–H groups in total. The molecule has 0 saturated carbocycles. The third-order valence-corrected chi connectivity index (χ3v) is 3.13. The van der Waals surface area contributed by atoms with Crippen molar-refractivity contribution in [3.8, 4) is 17.2 Å².